The molecule has 0 saturated carbocycles. The first-order chi connectivity index (χ1) is 11.8. The molecule has 0 bridgehead atoms. The summed E-state index contributed by atoms with van der Waals surface area (Å²) >= 11 is 1.65. The van der Waals surface area contributed by atoms with Crippen LogP contribution in [0.2, 0.25) is 0 Å². The van der Waals surface area contributed by atoms with E-state index < -0.39 is 0 Å². The fraction of sp³-hybridized carbons (Fsp3) is 0.526. The molecule has 0 aliphatic heterocycles. The van der Waals surface area contributed by atoms with Crippen molar-refractivity contribution in [3.63, 3.8) is 0 Å². The normalized spacial score (nSPS) is 12.2. The van der Waals surface area contributed by atoms with Gasteiger partial charge in [-0.05, 0) is 44.2 Å². The van der Waals surface area contributed by atoms with Gasteiger partial charge in [0.2, 0.25) is 0 Å². The Morgan fingerprint density at radius 1 is 1.28 bits per heavy atom. The van der Waals surface area contributed by atoms with Gasteiger partial charge in [-0.25, -0.2) is 4.99 Å². The quantitative estimate of drug-likeness (QED) is 0.496. The molecule has 1 heterocycles. The fourth-order valence-electron chi connectivity index (χ4n) is 2.78. The van der Waals surface area contributed by atoms with Gasteiger partial charge in [-0.3, -0.25) is 10.1 Å². The molecule has 1 aromatic carbocycles. The molecule has 2 aromatic rings. The number of benzene rings is 1. The second kappa shape index (κ2) is 8.43. The van der Waals surface area contributed by atoms with Crippen LogP contribution in [0.3, 0.4) is 0 Å². The van der Waals surface area contributed by atoms with E-state index in [1.54, 1.807) is 24.3 Å². The molecule has 0 aliphatic rings. The number of thiazole rings is 1. The minimum atomic E-state index is -0.334. The zero-order chi connectivity index (χ0) is 18.6. The van der Waals surface area contributed by atoms with Crippen LogP contribution in [-0.4, -0.2) is 9.49 Å². The largest absolute Gasteiger partial charge is 0.321 e. The molecule has 136 valence electrons. The van der Waals surface area contributed by atoms with Gasteiger partial charge in [-0.1, -0.05) is 27.2 Å². The summed E-state index contributed by atoms with van der Waals surface area (Å²) in [7, 11) is 0. The zero-order valence-electron chi connectivity index (χ0n) is 15.7. The van der Waals surface area contributed by atoms with E-state index in [-0.39, 0.29) is 10.6 Å². The van der Waals surface area contributed by atoms with Crippen LogP contribution in [0.4, 0.5) is 11.4 Å². The van der Waals surface area contributed by atoms with E-state index in [2.05, 4.69) is 30.7 Å². The van der Waals surface area contributed by atoms with Crippen molar-refractivity contribution in [1.29, 1.82) is 0 Å². The minimum Gasteiger partial charge on any atom is -0.321 e. The molecule has 6 heteroatoms. The number of rotatable bonds is 7. The highest BCUT2D eigenvalue weighted by Crippen LogP contribution is 2.27. The number of nitro groups is 1. The molecule has 1 aromatic heterocycles. The van der Waals surface area contributed by atoms with Gasteiger partial charge < -0.3 is 4.57 Å². The van der Waals surface area contributed by atoms with Gasteiger partial charge in [0.15, 0.2) is 4.80 Å². The Hall–Kier alpha value is -1.95. The summed E-state index contributed by atoms with van der Waals surface area (Å²) in [5.74, 6) is 0.536. The molecule has 0 radical (unpaired) electrons. The van der Waals surface area contributed by atoms with Crippen molar-refractivity contribution in [2.24, 2.45) is 10.9 Å². The maximum absolute atomic E-state index is 11.1. The summed E-state index contributed by atoms with van der Waals surface area (Å²) in [4.78, 5) is 16.6. The summed E-state index contributed by atoms with van der Waals surface area (Å²) in [6, 6.07) is 3.44. The predicted molar refractivity (Wildman–Crippen MR) is 104 cm³/mol. The number of unbranched alkanes of at least 4 members (excludes halogenated alkanes) is 1. The summed E-state index contributed by atoms with van der Waals surface area (Å²) in [5.41, 5.74) is 3.77. The minimum absolute atomic E-state index is 0.154. The maximum atomic E-state index is 11.1. The van der Waals surface area contributed by atoms with Crippen molar-refractivity contribution in [3.05, 3.63) is 49.2 Å². The van der Waals surface area contributed by atoms with Crippen molar-refractivity contribution in [3.8, 4) is 0 Å². The van der Waals surface area contributed by atoms with Crippen molar-refractivity contribution in [1.82, 2.24) is 4.57 Å². The van der Waals surface area contributed by atoms with Crippen LogP contribution >= 0.6 is 11.3 Å². The maximum Gasteiger partial charge on any atom is 0.272 e. The first-order valence-electron chi connectivity index (χ1n) is 8.81. The molecule has 0 amide bonds. The molecular formula is C19H27N3O2S. The Kier molecular flexibility index (Phi) is 6.53. The van der Waals surface area contributed by atoms with E-state index in [0.29, 0.717) is 11.5 Å². The lowest BCUT2D eigenvalue weighted by atomic mass is 10.1. The van der Waals surface area contributed by atoms with Crippen molar-refractivity contribution in [2.45, 2.75) is 60.4 Å². The third kappa shape index (κ3) is 4.78. The molecule has 2 rings (SSSR count). The van der Waals surface area contributed by atoms with Crippen LogP contribution in [0.15, 0.2) is 22.5 Å². The Bertz CT molecular complexity index is 819. The second-order valence-electron chi connectivity index (χ2n) is 6.91. The van der Waals surface area contributed by atoms with E-state index >= 15 is 0 Å². The average Bonchev–Trinajstić information content (AvgIpc) is 2.89. The zero-order valence-corrected chi connectivity index (χ0v) is 16.5. The molecule has 0 unspecified atom stereocenters. The van der Waals surface area contributed by atoms with E-state index in [4.69, 9.17) is 4.99 Å². The van der Waals surface area contributed by atoms with Crippen molar-refractivity contribution in [2.75, 3.05) is 0 Å². The van der Waals surface area contributed by atoms with Crippen LogP contribution in [0.5, 0.6) is 0 Å². The summed E-state index contributed by atoms with van der Waals surface area (Å²) in [6.07, 6.45) is 3.40. The number of aryl methyl sites for hydroxylation is 3. The number of nitrogens with zero attached hydrogens (tertiary/aromatic N) is 3. The van der Waals surface area contributed by atoms with E-state index in [9.17, 15) is 10.1 Å². The molecule has 0 aliphatic carbocycles. The van der Waals surface area contributed by atoms with E-state index in [1.807, 2.05) is 13.0 Å². The van der Waals surface area contributed by atoms with Crippen LogP contribution < -0.4 is 4.80 Å². The summed E-state index contributed by atoms with van der Waals surface area (Å²) in [5, 5.41) is 13.3. The third-order valence-electron chi connectivity index (χ3n) is 4.14. The monoisotopic (exact) mass is 361 g/mol. The fourth-order valence-corrected chi connectivity index (χ4v) is 3.73. The SMILES string of the molecule is CCCCc1csc(=Nc2cc(C)c([N+](=O)[O-])cc2C)n1CC(C)C. The predicted octanol–water partition coefficient (Wildman–Crippen LogP) is 5.31. The van der Waals surface area contributed by atoms with Crippen LogP contribution in [0.25, 0.3) is 0 Å². The Morgan fingerprint density at radius 3 is 2.60 bits per heavy atom. The molecule has 0 N–H and O–H groups in total. The summed E-state index contributed by atoms with van der Waals surface area (Å²) < 4.78 is 2.31. The van der Waals surface area contributed by atoms with Gasteiger partial charge in [-0.15, -0.1) is 11.3 Å². The molecule has 0 saturated heterocycles. The lowest BCUT2D eigenvalue weighted by Crippen LogP contribution is -2.20. The Balaban J connectivity index is 2.52. The molecule has 0 spiro atoms. The number of hydrogen-bond acceptors (Lipinski definition) is 4. The standard InChI is InChI=1S/C19H27N3O2S/c1-6-7-8-16-12-25-19(21(16)11-13(2)3)20-17-9-15(5)18(22(23)24)10-14(17)4/h9-10,12-13H,6-8,11H2,1-5H3. The highest BCUT2D eigenvalue weighted by molar-refractivity contribution is 7.07. The smallest absolute Gasteiger partial charge is 0.272 e. The number of aromatic nitrogens is 1. The van der Waals surface area contributed by atoms with Crippen LogP contribution in [0.1, 0.15) is 50.4 Å². The van der Waals surface area contributed by atoms with Gasteiger partial charge >= 0.3 is 0 Å². The van der Waals surface area contributed by atoms with Crippen LogP contribution in [0, 0.1) is 29.9 Å². The van der Waals surface area contributed by atoms with Crippen molar-refractivity contribution >= 4 is 22.7 Å². The van der Waals surface area contributed by atoms with E-state index in [0.717, 1.165) is 29.0 Å². The Morgan fingerprint density at radius 2 is 2.00 bits per heavy atom. The number of nitro benzene ring substituents is 1. The van der Waals surface area contributed by atoms with E-state index in [1.165, 1.54) is 18.5 Å². The first-order valence-corrected chi connectivity index (χ1v) is 9.69. The van der Waals surface area contributed by atoms with Gasteiger partial charge in [0.05, 0.1) is 10.6 Å². The van der Waals surface area contributed by atoms with Crippen LogP contribution in [-0.2, 0) is 13.0 Å². The highest BCUT2D eigenvalue weighted by Gasteiger charge is 2.14. The van der Waals surface area contributed by atoms with Gasteiger partial charge in [0, 0.05) is 29.2 Å². The third-order valence-corrected chi connectivity index (χ3v) is 5.05. The number of hydrogen-bond donors (Lipinski definition) is 0. The molecule has 0 atom stereocenters. The Labute approximate surface area is 153 Å². The molecule has 25 heavy (non-hydrogen) atoms. The second-order valence-corrected chi connectivity index (χ2v) is 7.75. The topological polar surface area (TPSA) is 60.4 Å². The first kappa shape index (κ1) is 19.4. The molecule has 5 nitrogen and oxygen atoms in total. The lowest BCUT2D eigenvalue weighted by Gasteiger charge is -2.11. The molecular weight excluding hydrogens is 334 g/mol. The van der Waals surface area contributed by atoms with Gasteiger partial charge in [0.25, 0.3) is 5.69 Å². The van der Waals surface area contributed by atoms with Crippen molar-refractivity contribution < 1.29 is 4.92 Å². The van der Waals surface area contributed by atoms with Gasteiger partial charge in [-0.2, -0.15) is 0 Å². The molecule has 0 fully saturated rings. The highest BCUT2D eigenvalue weighted by atomic mass is 32.1. The van der Waals surface area contributed by atoms with Gasteiger partial charge in [0.1, 0.15) is 0 Å². The summed E-state index contributed by atoms with van der Waals surface area (Å²) in [6.45, 7) is 11.2. The lowest BCUT2D eigenvalue weighted by molar-refractivity contribution is -0.385. The average molecular weight is 362 g/mol.